The van der Waals surface area contributed by atoms with Gasteiger partial charge in [0.1, 0.15) is 17.8 Å². The van der Waals surface area contributed by atoms with Crippen LogP contribution in [0, 0.1) is 0 Å². The lowest BCUT2D eigenvalue weighted by atomic mass is 10.1. The summed E-state index contributed by atoms with van der Waals surface area (Å²) in [4.78, 5) is 23.2. The number of nitrogen functional groups attached to an aromatic ring is 1. The number of hydrogen-bond donors (Lipinski definition) is 2. The minimum Gasteiger partial charge on any atom is -0.478 e. The molecule has 0 saturated carbocycles. The third-order valence-corrected chi connectivity index (χ3v) is 3.41. The number of ether oxygens (including phenoxy) is 2. The van der Waals surface area contributed by atoms with Crippen LogP contribution in [0.1, 0.15) is 36.0 Å². The number of carboxylic acids is 1. The molecule has 0 aromatic carbocycles. The first kappa shape index (κ1) is 12.2. The van der Waals surface area contributed by atoms with Crippen molar-refractivity contribution in [1.29, 1.82) is 0 Å². The zero-order chi connectivity index (χ0) is 13.9. The number of rotatable bonds is 1. The normalized spacial score (nSPS) is 27.1. The van der Waals surface area contributed by atoms with Gasteiger partial charge in [0.05, 0.1) is 17.9 Å². The van der Waals surface area contributed by atoms with E-state index in [0.29, 0.717) is 5.69 Å². The van der Waals surface area contributed by atoms with E-state index in [-0.39, 0.29) is 29.5 Å². The summed E-state index contributed by atoms with van der Waals surface area (Å²) < 4.78 is 12.7. The summed E-state index contributed by atoms with van der Waals surface area (Å²) in [5, 5.41) is 9.28. The van der Waals surface area contributed by atoms with E-state index < -0.39 is 17.9 Å². The molecule has 0 spiro atoms. The maximum absolute atomic E-state index is 11.9. The SMILES string of the molecule is CC1(C)O[C@@H]2Cn3c(c(C(=O)O)c(N)cc3=O)[C@@H]2O1. The van der Waals surface area contributed by atoms with Crippen molar-refractivity contribution in [1.82, 2.24) is 4.57 Å². The first-order chi connectivity index (χ1) is 8.80. The minimum absolute atomic E-state index is 0.0438. The van der Waals surface area contributed by atoms with Crippen molar-refractivity contribution < 1.29 is 19.4 Å². The van der Waals surface area contributed by atoms with Gasteiger partial charge >= 0.3 is 5.97 Å². The van der Waals surface area contributed by atoms with Crippen LogP contribution in [0.5, 0.6) is 0 Å². The maximum Gasteiger partial charge on any atom is 0.339 e. The van der Waals surface area contributed by atoms with Crippen molar-refractivity contribution in [3.8, 4) is 0 Å². The van der Waals surface area contributed by atoms with Crippen LogP contribution in [-0.2, 0) is 16.0 Å². The maximum atomic E-state index is 11.9. The number of aromatic nitrogens is 1. The van der Waals surface area contributed by atoms with Crippen LogP contribution in [0.25, 0.3) is 0 Å². The topological polar surface area (TPSA) is 104 Å². The molecule has 3 heterocycles. The quantitative estimate of drug-likeness (QED) is 0.759. The highest BCUT2D eigenvalue weighted by Gasteiger charge is 2.49. The summed E-state index contributed by atoms with van der Waals surface area (Å²) in [5.41, 5.74) is 5.50. The Balaban J connectivity index is 2.22. The number of carboxylic acid groups (broad SMARTS) is 1. The van der Waals surface area contributed by atoms with E-state index in [1.807, 2.05) is 0 Å². The lowest BCUT2D eigenvalue weighted by Gasteiger charge is -2.20. The van der Waals surface area contributed by atoms with Crippen molar-refractivity contribution in [2.45, 2.75) is 38.4 Å². The van der Waals surface area contributed by atoms with E-state index in [1.54, 1.807) is 13.8 Å². The Labute approximate surface area is 108 Å². The molecule has 0 unspecified atom stereocenters. The van der Waals surface area contributed by atoms with Crippen molar-refractivity contribution in [2.75, 3.05) is 5.73 Å². The highest BCUT2D eigenvalue weighted by Crippen LogP contribution is 2.44. The average molecular weight is 266 g/mol. The molecule has 1 aromatic heterocycles. The highest BCUT2D eigenvalue weighted by atomic mass is 16.8. The molecule has 0 aliphatic carbocycles. The van der Waals surface area contributed by atoms with E-state index >= 15 is 0 Å². The molecule has 2 aliphatic heterocycles. The Morgan fingerprint density at radius 2 is 2.21 bits per heavy atom. The van der Waals surface area contributed by atoms with E-state index in [2.05, 4.69) is 0 Å². The molecule has 2 aliphatic rings. The zero-order valence-corrected chi connectivity index (χ0v) is 10.5. The fourth-order valence-corrected chi connectivity index (χ4v) is 2.78. The minimum atomic E-state index is -1.17. The monoisotopic (exact) mass is 266 g/mol. The molecule has 0 bridgehead atoms. The summed E-state index contributed by atoms with van der Waals surface area (Å²) in [6, 6.07) is 1.12. The third kappa shape index (κ3) is 1.66. The lowest BCUT2D eigenvalue weighted by molar-refractivity contribution is -0.151. The van der Waals surface area contributed by atoms with Gasteiger partial charge in [-0.1, -0.05) is 0 Å². The number of nitrogens with zero attached hydrogens (tertiary/aromatic N) is 1. The Morgan fingerprint density at radius 1 is 1.53 bits per heavy atom. The number of anilines is 1. The summed E-state index contributed by atoms with van der Waals surface area (Å²) in [5.74, 6) is -1.97. The van der Waals surface area contributed by atoms with Crippen LogP contribution < -0.4 is 11.3 Å². The van der Waals surface area contributed by atoms with Gasteiger partial charge in [-0.15, -0.1) is 0 Å². The smallest absolute Gasteiger partial charge is 0.339 e. The van der Waals surface area contributed by atoms with Crippen molar-refractivity contribution in [2.24, 2.45) is 0 Å². The van der Waals surface area contributed by atoms with Crippen LogP contribution in [0.2, 0.25) is 0 Å². The standard InChI is InChI=1S/C12H14N2O5/c1-12(2)18-6-4-14-7(15)3-5(13)8(11(16)17)9(14)10(6)19-12/h3,6,10H,4,13H2,1-2H3,(H,16,17)/t6-,10-/m1/s1. The summed E-state index contributed by atoms with van der Waals surface area (Å²) >= 11 is 0. The summed E-state index contributed by atoms with van der Waals surface area (Å²) in [7, 11) is 0. The van der Waals surface area contributed by atoms with Gasteiger partial charge in [-0.2, -0.15) is 0 Å². The molecule has 3 rings (SSSR count). The van der Waals surface area contributed by atoms with Gasteiger partial charge in [-0.25, -0.2) is 4.79 Å². The van der Waals surface area contributed by atoms with E-state index in [0.717, 1.165) is 6.07 Å². The molecule has 1 saturated heterocycles. The number of aromatic carboxylic acids is 1. The third-order valence-electron chi connectivity index (χ3n) is 3.41. The van der Waals surface area contributed by atoms with Gasteiger partial charge in [0.15, 0.2) is 5.79 Å². The first-order valence-corrected chi connectivity index (χ1v) is 5.92. The molecule has 7 heteroatoms. The molecule has 2 atom stereocenters. The number of hydrogen-bond acceptors (Lipinski definition) is 5. The van der Waals surface area contributed by atoms with Crippen LogP contribution in [0.3, 0.4) is 0 Å². The molecular formula is C12H14N2O5. The van der Waals surface area contributed by atoms with Crippen molar-refractivity contribution in [3.05, 3.63) is 27.7 Å². The van der Waals surface area contributed by atoms with Crippen LogP contribution >= 0.6 is 0 Å². The Morgan fingerprint density at radius 3 is 2.84 bits per heavy atom. The fraction of sp³-hybridized carbons (Fsp3) is 0.500. The van der Waals surface area contributed by atoms with E-state index in [4.69, 9.17) is 15.2 Å². The summed E-state index contributed by atoms with van der Waals surface area (Å²) in [6.45, 7) is 3.78. The van der Waals surface area contributed by atoms with Gasteiger partial charge in [0.25, 0.3) is 5.56 Å². The van der Waals surface area contributed by atoms with E-state index in [9.17, 15) is 14.7 Å². The number of carbonyl (C=O) groups is 1. The van der Waals surface area contributed by atoms with Crippen molar-refractivity contribution >= 4 is 11.7 Å². The molecule has 102 valence electrons. The largest absolute Gasteiger partial charge is 0.478 e. The zero-order valence-electron chi connectivity index (χ0n) is 10.5. The van der Waals surface area contributed by atoms with Gasteiger partial charge in [0, 0.05) is 6.07 Å². The molecule has 1 fully saturated rings. The molecule has 1 aromatic rings. The Hall–Kier alpha value is -1.86. The lowest BCUT2D eigenvalue weighted by Crippen LogP contribution is -2.28. The number of nitrogens with two attached hydrogens (primary N) is 1. The second-order valence-corrected chi connectivity index (χ2v) is 5.21. The summed E-state index contributed by atoms with van der Waals surface area (Å²) in [6.07, 6.45) is -0.931. The molecule has 19 heavy (non-hydrogen) atoms. The Kier molecular flexibility index (Phi) is 2.30. The molecular weight excluding hydrogens is 252 g/mol. The van der Waals surface area contributed by atoms with Gasteiger partial charge in [-0.05, 0) is 13.8 Å². The van der Waals surface area contributed by atoms with Gasteiger partial charge in [0.2, 0.25) is 0 Å². The molecule has 0 amide bonds. The van der Waals surface area contributed by atoms with Crippen LogP contribution in [-0.4, -0.2) is 27.5 Å². The number of fused-ring (bicyclic) bond motifs is 3. The van der Waals surface area contributed by atoms with Crippen LogP contribution in [0.15, 0.2) is 10.9 Å². The van der Waals surface area contributed by atoms with Crippen LogP contribution in [0.4, 0.5) is 5.69 Å². The predicted molar refractivity (Wildman–Crippen MR) is 64.9 cm³/mol. The second kappa shape index (κ2) is 3.58. The van der Waals surface area contributed by atoms with E-state index in [1.165, 1.54) is 4.57 Å². The van der Waals surface area contributed by atoms with Gasteiger partial charge in [-0.3, -0.25) is 4.79 Å². The van der Waals surface area contributed by atoms with Gasteiger partial charge < -0.3 is 24.9 Å². The molecule has 7 nitrogen and oxygen atoms in total. The Bertz CT molecular complexity index is 634. The number of pyridine rings is 1. The predicted octanol–water partition coefficient (Wildman–Crippen LogP) is 0.335. The second-order valence-electron chi connectivity index (χ2n) is 5.21. The highest BCUT2D eigenvalue weighted by molar-refractivity contribution is 5.95. The fourth-order valence-electron chi connectivity index (χ4n) is 2.78. The first-order valence-electron chi connectivity index (χ1n) is 5.92. The average Bonchev–Trinajstić information content (AvgIpc) is 2.71. The molecule has 3 N–H and O–H groups in total. The molecule has 0 radical (unpaired) electrons. The van der Waals surface area contributed by atoms with Crippen molar-refractivity contribution in [3.63, 3.8) is 0 Å².